The van der Waals surface area contributed by atoms with Gasteiger partial charge < -0.3 is 9.32 Å². The minimum absolute atomic E-state index is 0.0538. The number of nitro benzene ring substituents is 1. The van der Waals surface area contributed by atoms with Crippen molar-refractivity contribution in [3.63, 3.8) is 0 Å². The number of nitro groups is 1. The third kappa shape index (κ3) is 2.25. The summed E-state index contributed by atoms with van der Waals surface area (Å²) < 4.78 is 6.44. The van der Waals surface area contributed by atoms with Gasteiger partial charge in [-0.15, -0.1) is 0 Å². The molecule has 7 heteroatoms. The first kappa shape index (κ1) is 12.3. The number of nitrogens with zero attached hydrogens (tertiary/aromatic N) is 3. The van der Waals surface area contributed by atoms with Crippen LogP contribution in [-0.2, 0) is 6.54 Å². The molecule has 0 bridgehead atoms. The molecule has 0 N–H and O–H groups in total. The molecule has 2 aromatic rings. The van der Waals surface area contributed by atoms with Crippen molar-refractivity contribution in [1.82, 2.24) is 9.47 Å². The zero-order valence-corrected chi connectivity index (χ0v) is 10.1. The molecule has 0 fully saturated rings. The summed E-state index contributed by atoms with van der Waals surface area (Å²) >= 11 is 0. The van der Waals surface area contributed by atoms with Crippen LogP contribution in [0.4, 0.5) is 5.69 Å². The van der Waals surface area contributed by atoms with Gasteiger partial charge >= 0.3 is 5.76 Å². The van der Waals surface area contributed by atoms with E-state index in [1.54, 1.807) is 0 Å². The highest BCUT2D eigenvalue weighted by Gasteiger charge is 2.14. The largest absolute Gasteiger partial charge is 0.419 e. The smallest absolute Gasteiger partial charge is 0.408 e. The Morgan fingerprint density at radius 2 is 2.17 bits per heavy atom. The molecule has 0 aliphatic heterocycles. The topological polar surface area (TPSA) is 81.5 Å². The number of likely N-dealkylation sites (N-methyl/N-ethyl adjacent to an activating group) is 1. The Morgan fingerprint density at radius 3 is 2.78 bits per heavy atom. The van der Waals surface area contributed by atoms with Crippen LogP contribution in [0.25, 0.3) is 11.1 Å². The third-order valence-corrected chi connectivity index (χ3v) is 2.63. The average molecular weight is 251 g/mol. The lowest BCUT2D eigenvalue weighted by atomic mass is 10.3. The monoisotopic (exact) mass is 251 g/mol. The van der Waals surface area contributed by atoms with E-state index >= 15 is 0 Å². The van der Waals surface area contributed by atoms with Gasteiger partial charge in [-0.3, -0.25) is 14.7 Å². The lowest BCUT2D eigenvalue weighted by Gasteiger charge is -2.08. The summed E-state index contributed by atoms with van der Waals surface area (Å²) in [5.74, 6) is -0.493. The average Bonchev–Trinajstić information content (AvgIpc) is 2.60. The zero-order valence-electron chi connectivity index (χ0n) is 10.1. The lowest BCUT2D eigenvalue weighted by molar-refractivity contribution is -0.384. The van der Waals surface area contributed by atoms with E-state index in [0.29, 0.717) is 24.2 Å². The number of non-ortho nitro benzene ring substituents is 1. The number of hydrogen-bond donors (Lipinski definition) is 0. The molecule has 1 heterocycles. The maximum atomic E-state index is 11.6. The van der Waals surface area contributed by atoms with E-state index in [1.165, 1.54) is 22.8 Å². The predicted octanol–water partition coefficient (Wildman–Crippen LogP) is 1.06. The van der Waals surface area contributed by atoms with Gasteiger partial charge in [-0.1, -0.05) is 0 Å². The van der Waals surface area contributed by atoms with Gasteiger partial charge in [0.1, 0.15) is 0 Å². The molecule has 0 aliphatic rings. The summed E-state index contributed by atoms with van der Waals surface area (Å²) in [6, 6.07) is 4.12. The van der Waals surface area contributed by atoms with Gasteiger partial charge in [0.25, 0.3) is 5.69 Å². The van der Waals surface area contributed by atoms with Crippen molar-refractivity contribution >= 4 is 16.8 Å². The van der Waals surface area contributed by atoms with E-state index < -0.39 is 10.7 Å². The molecule has 0 unspecified atom stereocenters. The van der Waals surface area contributed by atoms with Crippen molar-refractivity contribution in [3.8, 4) is 0 Å². The number of aromatic nitrogens is 1. The Bertz CT molecular complexity index is 641. The van der Waals surface area contributed by atoms with Gasteiger partial charge in [0.15, 0.2) is 5.58 Å². The van der Waals surface area contributed by atoms with Gasteiger partial charge in [-0.2, -0.15) is 0 Å². The second-order valence-corrected chi connectivity index (χ2v) is 4.23. The highest BCUT2D eigenvalue weighted by molar-refractivity contribution is 5.75. The molecule has 2 rings (SSSR count). The molecule has 1 aromatic carbocycles. The molecular weight excluding hydrogens is 238 g/mol. The minimum Gasteiger partial charge on any atom is -0.408 e. The maximum Gasteiger partial charge on any atom is 0.419 e. The standard InChI is InChI=1S/C11H13N3O4/c1-12(2)5-6-13-9-7-8(14(16)17)3-4-10(9)18-11(13)15/h3-4,7H,5-6H2,1-2H3. The van der Waals surface area contributed by atoms with Crippen LogP contribution in [0.5, 0.6) is 0 Å². The van der Waals surface area contributed by atoms with E-state index in [9.17, 15) is 14.9 Å². The van der Waals surface area contributed by atoms with Gasteiger partial charge in [0.2, 0.25) is 0 Å². The SMILES string of the molecule is CN(C)CCn1c(=O)oc2ccc([N+](=O)[O-])cc21. The fourth-order valence-electron chi connectivity index (χ4n) is 1.68. The van der Waals surface area contributed by atoms with Crippen LogP contribution in [0.1, 0.15) is 0 Å². The fraction of sp³-hybridized carbons (Fsp3) is 0.364. The van der Waals surface area contributed by atoms with Gasteiger partial charge in [0, 0.05) is 25.2 Å². The number of rotatable bonds is 4. The predicted molar refractivity (Wildman–Crippen MR) is 65.7 cm³/mol. The van der Waals surface area contributed by atoms with Crippen molar-refractivity contribution in [1.29, 1.82) is 0 Å². The van der Waals surface area contributed by atoms with Crippen LogP contribution in [-0.4, -0.2) is 35.0 Å². The Balaban J connectivity index is 2.50. The first-order chi connectivity index (χ1) is 8.49. The van der Waals surface area contributed by atoms with E-state index in [2.05, 4.69) is 0 Å². The van der Waals surface area contributed by atoms with E-state index in [1.807, 2.05) is 19.0 Å². The van der Waals surface area contributed by atoms with Crippen LogP contribution in [0.15, 0.2) is 27.4 Å². The molecule has 0 radical (unpaired) electrons. The molecule has 0 saturated heterocycles. The quantitative estimate of drug-likeness (QED) is 0.599. The van der Waals surface area contributed by atoms with Crippen LogP contribution in [0, 0.1) is 10.1 Å². The Kier molecular flexibility index (Phi) is 3.15. The number of oxazole rings is 1. The lowest BCUT2D eigenvalue weighted by Crippen LogP contribution is -2.23. The van der Waals surface area contributed by atoms with Crippen LogP contribution in [0.2, 0.25) is 0 Å². The van der Waals surface area contributed by atoms with Crippen molar-refractivity contribution in [3.05, 3.63) is 38.9 Å². The number of benzene rings is 1. The summed E-state index contributed by atoms with van der Waals surface area (Å²) in [6.07, 6.45) is 0. The van der Waals surface area contributed by atoms with E-state index in [4.69, 9.17) is 4.42 Å². The molecule has 0 amide bonds. The van der Waals surface area contributed by atoms with Crippen molar-refractivity contribution in [2.24, 2.45) is 0 Å². The van der Waals surface area contributed by atoms with Crippen LogP contribution >= 0.6 is 0 Å². The molecule has 0 spiro atoms. The Morgan fingerprint density at radius 1 is 1.44 bits per heavy atom. The highest BCUT2D eigenvalue weighted by Crippen LogP contribution is 2.19. The molecular formula is C11H13N3O4. The Labute approximate surface area is 102 Å². The fourth-order valence-corrected chi connectivity index (χ4v) is 1.68. The molecule has 1 aromatic heterocycles. The van der Waals surface area contributed by atoms with E-state index in [0.717, 1.165) is 0 Å². The zero-order chi connectivity index (χ0) is 13.3. The second-order valence-electron chi connectivity index (χ2n) is 4.23. The van der Waals surface area contributed by atoms with Gasteiger partial charge in [-0.05, 0) is 20.2 Å². The number of fused-ring (bicyclic) bond motifs is 1. The normalized spacial score (nSPS) is 11.3. The summed E-state index contributed by atoms with van der Waals surface area (Å²) in [5, 5.41) is 10.7. The van der Waals surface area contributed by atoms with Crippen molar-refractivity contribution in [2.75, 3.05) is 20.6 Å². The summed E-state index contributed by atoms with van der Waals surface area (Å²) in [5.41, 5.74) is 0.766. The van der Waals surface area contributed by atoms with E-state index in [-0.39, 0.29) is 5.69 Å². The molecule has 0 atom stereocenters. The summed E-state index contributed by atoms with van der Waals surface area (Å²) in [7, 11) is 3.77. The van der Waals surface area contributed by atoms with Crippen molar-refractivity contribution in [2.45, 2.75) is 6.54 Å². The van der Waals surface area contributed by atoms with Crippen LogP contribution in [0.3, 0.4) is 0 Å². The number of hydrogen-bond acceptors (Lipinski definition) is 5. The first-order valence-corrected chi connectivity index (χ1v) is 5.41. The van der Waals surface area contributed by atoms with Crippen molar-refractivity contribution < 1.29 is 9.34 Å². The molecule has 0 aliphatic carbocycles. The Hall–Kier alpha value is -2.15. The second kappa shape index (κ2) is 4.61. The maximum absolute atomic E-state index is 11.6. The first-order valence-electron chi connectivity index (χ1n) is 5.41. The molecule has 0 saturated carbocycles. The minimum atomic E-state index is -0.493. The van der Waals surface area contributed by atoms with Gasteiger partial charge in [-0.25, -0.2) is 4.79 Å². The van der Waals surface area contributed by atoms with Crippen LogP contribution < -0.4 is 5.76 Å². The third-order valence-electron chi connectivity index (χ3n) is 2.63. The highest BCUT2D eigenvalue weighted by atomic mass is 16.6. The molecule has 18 heavy (non-hydrogen) atoms. The summed E-state index contributed by atoms with van der Waals surface area (Å²) in [6.45, 7) is 1.08. The summed E-state index contributed by atoms with van der Waals surface area (Å²) in [4.78, 5) is 23.8. The van der Waals surface area contributed by atoms with Gasteiger partial charge in [0.05, 0.1) is 10.4 Å². The molecule has 96 valence electrons. The molecule has 7 nitrogen and oxygen atoms in total.